The van der Waals surface area contributed by atoms with Gasteiger partial charge in [0.15, 0.2) is 0 Å². The molecule has 1 aromatic heterocycles. The zero-order chi connectivity index (χ0) is 14.9. The number of amides is 1. The highest BCUT2D eigenvalue weighted by atomic mass is 16.2. The lowest BCUT2D eigenvalue weighted by Crippen LogP contribution is -2.56. The second-order valence-electron chi connectivity index (χ2n) is 5.66. The van der Waals surface area contributed by atoms with E-state index in [1.165, 1.54) is 0 Å². The largest absolute Gasteiger partial charge is 0.339 e. The third-order valence-electron chi connectivity index (χ3n) is 3.58. The average Bonchev–Trinajstić information content (AvgIpc) is 2.32. The Labute approximate surface area is 118 Å². The second-order valence-corrected chi connectivity index (χ2v) is 5.66. The van der Waals surface area contributed by atoms with Crippen LogP contribution in [0.1, 0.15) is 30.9 Å². The molecule has 2 N–H and O–H groups in total. The van der Waals surface area contributed by atoms with Gasteiger partial charge in [-0.3, -0.25) is 9.59 Å². The van der Waals surface area contributed by atoms with E-state index in [1.54, 1.807) is 13.8 Å². The number of nitrogens with zero attached hydrogens (tertiary/aromatic N) is 2. The molecule has 0 spiro atoms. The van der Waals surface area contributed by atoms with Crippen LogP contribution in [0.4, 0.5) is 0 Å². The summed E-state index contributed by atoms with van der Waals surface area (Å²) < 4.78 is 0. The zero-order valence-electron chi connectivity index (χ0n) is 12.5. The van der Waals surface area contributed by atoms with E-state index in [9.17, 15) is 9.59 Å². The quantitative estimate of drug-likeness (QED) is 0.806. The number of aromatic amines is 1. The van der Waals surface area contributed by atoms with Crippen LogP contribution >= 0.6 is 0 Å². The van der Waals surface area contributed by atoms with Crippen molar-refractivity contribution in [1.82, 2.24) is 20.2 Å². The van der Waals surface area contributed by atoms with E-state index < -0.39 is 0 Å². The van der Waals surface area contributed by atoms with Crippen LogP contribution in [0.15, 0.2) is 4.79 Å². The Morgan fingerprint density at radius 1 is 1.30 bits per heavy atom. The van der Waals surface area contributed by atoms with Gasteiger partial charge in [-0.05, 0) is 27.7 Å². The Morgan fingerprint density at radius 2 is 1.90 bits per heavy atom. The van der Waals surface area contributed by atoms with Crippen molar-refractivity contribution >= 4 is 5.91 Å². The van der Waals surface area contributed by atoms with Gasteiger partial charge in [0.05, 0.1) is 6.42 Å². The fourth-order valence-corrected chi connectivity index (χ4v) is 2.75. The van der Waals surface area contributed by atoms with Crippen molar-refractivity contribution < 1.29 is 4.79 Å². The minimum Gasteiger partial charge on any atom is -0.339 e. The first-order chi connectivity index (χ1) is 9.36. The van der Waals surface area contributed by atoms with E-state index in [0.29, 0.717) is 30.2 Å². The minimum atomic E-state index is -0.209. The summed E-state index contributed by atoms with van der Waals surface area (Å²) in [6.45, 7) is 8.98. The minimum absolute atomic E-state index is 0.00977. The molecule has 1 aromatic rings. The second kappa shape index (κ2) is 5.75. The highest BCUT2D eigenvalue weighted by Gasteiger charge is 2.25. The summed E-state index contributed by atoms with van der Waals surface area (Å²) in [6, 6.07) is 0.552. The molecule has 1 saturated heterocycles. The molecule has 1 amide bonds. The van der Waals surface area contributed by atoms with Crippen molar-refractivity contribution in [1.29, 1.82) is 0 Å². The number of hydrogen-bond donors (Lipinski definition) is 2. The summed E-state index contributed by atoms with van der Waals surface area (Å²) in [4.78, 5) is 33.0. The fraction of sp³-hybridized carbons (Fsp3) is 0.643. The zero-order valence-corrected chi connectivity index (χ0v) is 12.5. The Balaban J connectivity index is 2.14. The van der Waals surface area contributed by atoms with Crippen molar-refractivity contribution in [2.45, 2.75) is 46.2 Å². The lowest BCUT2D eigenvalue weighted by Gasteiger charge is -2.36. The van der Waals surface area contributed by atoms with Gasteiger partial charge < -0.3 is 15.2 Å². The van der Waals surface area contributed by atoms with Gasteiger partial charge >= 0.3 is 0 Å². The Kier molecular flexibility index (Phi) is 4.23. The van der Waals surface area contributed by atoms with Gasteiger partial charge in [0.1, 0.15) is 5.82 Å². The number of aryl methyl sites for hydroxylation is 2. The van der Waals surface area contributed by atoms with Crippen LogP contribution in [0.3, 0.4) is 0 Å². The summed E-state index contributed by atoms with van der Waals surface area (Å²) in [5.41, 5.74) is 0.898. The summed E-state index contributed by atoms with van der Waals surface area (Å²) in [5.74, 6) is 0.567. The van der Waals surface area contributed by atoms with Gasteiger partial charge in [0.25, 0.3) is 5.56 Å². The molecule has 1 aliphatic rings. The van der Waals surface area contributed by atoms with Gasteiger partial charge in [0, 0.05) is 36.4 Å². The molecule has 0 bridgehead atoms. The summed E-state index contributed by atoms with van der Waals surface area (Å²) >= 11 is 0. The van der Waals surface area contributed by atoms with Gasteiger partial charge in [-0.15, -0.1) is 0 Å². The molecule has 2 heterocycles. The smallest absolute Gasteiger partial charge is 0.254 e. The molecule has 0 saturated carbocycles. The maximum atomic E-state index is 12.4. The van der Waals surface area contributed by atoms with E-state index in [2.05, 4.69) is 29.1 Å². The van der Waals surface area contributed by atoms with Crippen molar-refractivity contribution in [2.24, 2.45) is 0 Å². The van der Waals surface area contributed by atoms with E-state index >= 15 is 0 Å². The summed E-state index contributed by atoms with van der Waals surface area (Å²) in [7, 11) is 0. The van der Waals surface area contributed by atoms with E-state index in [4.69, 9.17) is 0 Å². The van der Waals surface area contributed by atoms with Gasteiger partial charge in [-0.2, -0.15) is 0 Å². The van der Waals surface area contributed by atoms with E-state index in [0.717, 1.165) is 0 Å². The number of aromatic nitrogens is 2. The third kappa shape index (κ3) is 3.25. The monoisotopic (exact) mass is 278 g/mol. The van der Waals surface area contributed by atoms with Crippen LogP contribution < -0.4 is 10.9 Å². The molecule has 2 atom stereocenters. The third-order valence-corrected chi connectivity index (χ3v) is 3.58. The number of piperazine rings is 1. The predicted molar refractivity (Wildman–Crippen MR) is 76.7 cm³/mol. The molecule has 0 aromatic carbocycles. The number of carbonyl (C=O) groups is 1. The van der Waals surface area contributed by atoms with Crippen LogP contribution in [0, 0.1) is 13.8 Å². The first-order valence-corrected chi connectivity index (χ1v) is 6.97. The van der Waals surface area contributed by atoms with Crippen LogP contribution in [-0.2, 0) is 11.2 Å². The number of nitrogens with one attached hydrogen (secondary N) is 2. The van der Waals surface area contributed by atoms with Crippen LogP contribution in [0.2, 0.25) is 0 Å². The van der Waals surface area contributed by atoms with E-state index in [1.807, 2.05) is 4.90 Å². The van der Waals surface area contributed by atoms with Crippen LogP contribution in [0.5, 0.6) is 0 Å². The number of hydrogen-bond acceptors (Lipinski definition) is 4. The molecule has 0 radical (unpaired) electrons. The van der Waals surface area contributed by atoms with Gasteiger partial charge in [-0.1, -0.05) is 0 Å². The molecular weight excluding hydrogens is 256 g/mol. The number of H-pyrrole nitrogens is 1. The normalized spacial score (nSPS) is 22.9. The number of carbonyl (C=O) groups excluding carboxylic acids is 1. The molecule has 20 heavy (non-hydrogen) atoms. The highest BCUT2D eigenvalue weighted by Crippen LogP contribution is 2.08. The average molecular weight is 278 g/mol. The molecule has 1 aliphatic heterocycles. The van der Waals surface area contributed by atoms with Crippen molar-refractivity contribution in [3.63, 3.8) is 0 Å². The van der Waals surface area contributed by atoms with Crippen molar-refractivity contribution in [3.05, 3.63) is 27.4 Å². The van der Waals surface area contributed by atoms with Crippen LogP contribution in [0.25, 0.3) is 0 Å². The molecular formula is C14H22N4O2. The molecule has 2 rings (SSSR count). The lowest BCUT2D eigenvalue weighted by molar-refractivity contribution is -0.132. The van der Waals surface area contributed by atoms with Gasteiger partial charge in [0.2, 0.25) is 5.91 Å². The SMILES string of the molecule is Cc1nc(C)c(CC(=O)N2C[C@H](C)N[C@@H](C)C2)c(=O)[nH]1. The molecule has 6 nitrogen and oxygen atoms in total. The topological polar surface area (TPSA) is 78.1 Å². The maximum Gasteiger partial charge on any atom is 0.254 e. The first kappa shape index (κ1) is 14.7. The molecule has 6 heteroatoms. The van der Waals surface area contributed by atoms with Crippen molar-refractivity contribution in [2.75, 3.05) is 13.1 Å². The molecule has 0 unspecified atom stereocenters. The Hall–Kier alpha value is -1.69. The Bertz CT molecular complexity index is 557. The Morgan fingerprint density at radius 3 is 2.45 bits per heavy atom. The first-order valence-electron chi connectivity index (χ1n) is 6.97. The fourth-order valence-electron chi connectivity index (χ4n) is 2.75. The highest BCUT2D eigenvalue weighted by molar-refractivity contribution is 5.79. The van der Waals surface area contributed by atoms with Crippen LogP contribution in [-0.4, -0.2) is 45.9 Å². The predicted octanol–water partition coefficient (Wildman–Crippen LogP) is 0.138. The summed E-state index contributed by atoms with van der Waals surface area (Å²) in [5, 5.41) is 3.38. The maximum absolute atomic E-state index is 12.4. The summed E-state index contributed by atoms with van der Waals surface area (Å²) in [6.07, 6.45) is 0.119. The molecule has 0 aliphatic carbocycles. The van der Waals surface area contributed by atoms with Crippen molar-refractivity contribution in [3.8, 4) is 0 Å². The molecule has 1 fully saturated rings. The standard InChI is InChI=1S/C14H22N4O2/c1-8-6-18(7-9(2)15-8)13(19)5-12-10(3)16-11(4)17-14(12)20/h8-9,15H,5-7H2,1-4H3,(H,16,17,20)/t8-,9-/m0/s1. The van der Waals surface area contributed by atoms with Gasteiger partial charge in [-0.25, -0.2) is 4.98 Å². The lowest BCUT2D eigenvalue weighted by atomic mass is 10.1. The van der Waals surface area contributed by atoms with E-state index in [-0.39, 0.29) is 30.0 Å². The molecule has 110 valence electrons. The number of rotatable bonds is 2.